The van der Waals surface area contributed by atoms with Crippen molar-refractivity contribution in [3.05, 3.63) is 35.2 Å². The number of piperidine rings is 1. The molecule has 3 rings (SSSR count). The number of thiophene rings is 1. The van der Waals surface area contributed by atoms with Crippen LogP contribution in [0.5, 0.6) is 0 Å². The maximum Gasteiger partial charge on any atom is 0.252 e. The molecule has 7 heteroatoms. The Morgan fingerprint density at radius 3 is 2.61 bits per heavy atom. The van der Waals surface area contributed by atoms with Crippen molar-refractivity contribution in [3.8, 4) is 0 Å². The van der Waals surface area contributed by atoms with E-state index in [1.807, 2.05) is 32.3 Å². The van der Waals surface area contributed by atoms with E-state index in [1.165, 1.54) is 11.3 Å². The zero-order valence-electron chi connectivity index (χ0n) is 13.6. The summed E-state index contributed by atoms with van der Waals surface area (Å²) in [7, 11) is -3.31. The normalized spacial score (nSPS) is 17.7. The Morgan fingerprint density at radius 2 is 2.04 bits per heavy atom. The SMILES string of the molecule is CCc1ccc(S(=O)(=O)N2CCC(Cn3ccnc3C)CC2)s1. The van der Waals surface area contributed by atoms with Gasteiger partial charge in [-0.25, -0.2) is 13.4 Å². The van der Waals surface area contributed by atoms with Crippen molar-refractivity contribution in [2.45, 2.75) is 43.9 Å². The molecule has 0 bridgehead atoms. The van der Waals surface area contributed by atoms with E-state index in [9.17, 15) is 8.42 Å². The Labute approximate surface area is 142 Å². The van der Waals surface area contributed by atoms with Crippen molar-refractivity contribution in [1.82, 2.24) is 13.9 Å². The molecule has 0 atom stereocenters. The van der Waals surface area contributed by atoms with Crippen LogP contribution in [-0.2, 0) is 23.0 Å². The lowest BCUT2D eigenvalue weighted by Gasteiger charge is -2.31. The second-order valence-electron chi connectivity index (χ2n) is 6.05. The molecule has 5 nitrogen and oxygen atoms in total. The van der Waals surface area contributed by atoms with Crippen LogP contribution in [0.15, 0.2) is 28.7 Å². The molecule has 0 saturated carbocycles. The summed E-state index contributed by atoms with van der Waals surface area (Å²) in [5, 5.41) is 0. The first-order chi connectivity index (χ1) is 11.0. The van der Waals surface area contributed by atoms with Gasteiger partial charge in [-0.15, -0.1) is 11.3 Å². The van der Waals surface area contributed by atoms with Crippen molar-refractivity contribution in [2.75, 3.05) is 13.1 Å². The molecule has 0 amide bonds. The largest absolute Gasteiger partial charge is 0.335 e. The van der Waals surface area contributed by atoms with Gasteiger partial charge in [0.25, 0.3) is 10.0 Å². The molecule has 0 N–H and O–H groups in total. The molecule has 0 radical (unpaired) electrons. The maximum absolute atomic E-state index is 12.7. The molecule has 1 fully saturated rings. The molecule has 0 aromatic carbocycles. The fraction of sp³-hybridized carbons (Fsp3) is 0.562. The molecule has 0 unspecified atom stereocenters. The van der Waals surface area contributed by atoms with E-state index in [-0.39, 0.29) is 0 Å². The zero-order valence-corrected chi connectivity index (χ0v) is 15.2. The highest BCUT2D eigenvalue weighted by atomic mass is 32.2. The second kappa shape index (κ2) is 6.75. The molecule has 0 aliphatic carbocycles. The van der Waals surface area contributed by atoms with Crippen LogP contribution in [0.4, 0.5) is 0 Å². The fourth-order valence-corrected chi connectivity index (χ4v) is 5.94. The maximum atomic E-state index is 12.7. The van der Waals surface area contributed by atoms with Gasteiger partial charge in [-0.05, 0) is 44.2 Å². The molecule has 1 aliphatic heterocycles. The van der Waals surface area contributed by atoms with Crippen LogP contribution in [0.3, 0.4) is 0 Å². The van der Waals surface area contributed by atoms with Crippen LogP contribution in [-0.4, -0.2) is 35.4 Å². The van der Waals surface area contributed by atoms with Crippen molar-refractivity contribution in [3.63, 3.8) is 0 Å². The number of sulfonamides is 1. The van der Waals surface area contributed by atoms with Crippen LogP contribution >= 0.6 is 11.3 Å². The van der Waals surface area contributed by atoms with Gasteiger partial charge in [0.05, 0.1) is 0 Å². The lowest BCUT2D eigenvalue weighted by Crippen LogP contribution is -2.39. The summed E-state index contributed by atoms with van der Waals surface area (Å²) in [6.45, 7) is 6.20. The lowest BCUT2D eigenvalue weighted by atomic mass is 9.98. The first kappa shape index (κ1) is 16.7. The minimum Gasteiger partial charge on any atom is -0.335 e. The molecule has 0 spiro atoms. The summed E-state index contributed by atoms with van der Waals surface area (Å²) < 4.78 is 29.7. The van der Waals surface area contributed by atoms with Gasteiger partial charge in [-0.1, -0.05) is 6.92 Å². The first-order valence-corrected chi connectivity index (χ1v) is 10.3. The van der Waals surface area contributed by atoms with Crippen molar-refractivity contribution >= 4 is 21.4 Å². The van der Waals surface area contributed by atoms with Gasteiger partial charge in [-0.2, -0.15) is 4.31 Å². The predicted molar refractivity (Wildman–Crippen MR) is 92.1 cm³/mol. The Kier molecular flexibility index (Phi) is 4.89. The van der Waals surface area contributed by atoms with Gasteiger partial charge in [0.1, 0.15) is 10.0 Å². The van der Waals surface area contributed by atoms with Crippen LogP contribution < -0.4 is 0 Å². The highest BCUT2D eigenvalue weighted by Crippen LogP contribution is 2.29. The van der Waals surface area contributed by atoms with E-state index in [4.69, 9.17) is 0 Å². The van der Waals surface area contributed by atoms with Crippen molar-refractivity contribution in [2.24, 2.45) is 5.92 Å². The standard InChI is InChI=1S/C16H23N3O2S2/c1-3-15-4-5-16(22-15)23(20,21)19-9-6-14(7-10-19)12-18-11-8-17-13(18)2/h4-5,8,11,14H,3,6-7,9-10,12H2,1-2H3. The minimum absolute atomic E-state index is 0.484. The predicted octanol–water partition coefficient (Wildman–Crippen LogP) is 2.92. The van der Waals surface area contributed by atoms with E-state index in [0.717, 1.165) is 36.5 Å². The smallest absolute Gasteiger partial charge is 0.252 e. The number of aryl methyl sites for hydroxylation is 2. The van der Waals surface area contributed by atoms with E-state index in [1.54, 1.807) is 10.4 Å². The quantitative estimate of drug-likeness (QED) is 0.830. The van der Waals surface area contributed by atoms with Gasteiger partial charge in [0.15, 0.2) is 0 Å². The summed E-state index contributed by atoms with van der Waals surface area (Å²) in [6.07, 6.45) is 6.51. The van der Waals surface area contributed by atoms with E-state index in [0.29, 0.717) is 23.2 Å². The Morgan fingerprint density at radius 1 is 1.30 bits per heavy atom. The molecular formula is C16H23N3O2S2. The molecule has 1 aliphatic rings. The van der Waals surface area contributed by atoms with Gasteiger partial charge in [-0.3, -0.25) is 0 Å². The van der Waals surface area contributed by atoms with E-state index < -0.39 is 10.0 Å². The molecular weight excluding hydrogens is 330 g/mol. The minimum atomic E-state index is -3.31. The third-order valence-corrected chi connectivity index (χ3v) is 8.13. The fourth-order valence-electron chi connectivity index (χ4n) is 3.02. The number of hydrogen-bond donors (Lipinski definition) is 0. The Hall–Kier alpha value is -1.18. The Balaban J connectivity index is 1.63. The number of hydrogen-bond acceptors (Lipinski definition) is 4. The third-order valence-electron chi connectivity index (χ3n) is 4.53. The van der Waals surface area contributed by atoms with Crippen molar-refractivity contribution in [1.29, 1.82) is 0 Å². The second-order valence-corrected chi connectivity index (χ2v) is 9.38. The summed E-state index contributed by atoms with van der Waals surface area (Å²) >= 11 is 1.40. The van der Waals surface area contributed by atoms with Crippen LogP contribution in [0.2, 0.25) is 0 Å². The number of rotatable bonds is 5. The lowest BCUT2D eigenvalue weighted by molar-refractivity contribution is 0.252. The van der Waals surface area contributed by atoms with E-state index in [2.05, 4.69) is 9.55 Å². The van der Waals surface area contributed by atoms with Crippen LogP contribution in [0.1, 0.15) is 30.5 Å². The Bertz CT molecular complexity index is 756. The number of nitrogens with zero attached hydrogens (tertiary/aromatic N) is 3. The molecule has 1 saturated heterocycles. The van der Waals surface area contributed by atoms with Gasteiger partial charge < -0.3 is 4.57 Å². The average Bonchev–Trinajstić information content (AvgIpc) is 3.18. The monoisotopic (exact) mass is 353 g/mol. The van der Waals surface area contributed by atoms with Crippen LogP contribution in [0, 0.1) is 12.8 Å². The highest BCUT2D eigenvalue weighted by molar-refractivity contribution is 7.91. The van der Waals surface area contributed by atoms with E-state index >= 15 is 0 Å². The average molecular weight is 354 g/mol. The molecule has 3 heterocycles. The van der Waals surface area contributed by atoms with Crippen LogP contribution in [0.25, 0.3) is 0 Å². The summed E-state index contributed by atoms with van der Waals surface area (Å²) in [6, 6.07) is 3.67. The van der Waals surface area contributed by atoms with Gasteiger partial charge in [0, 0.05) is 36.9 Å². The number of imidazole rings is 1. The summed E-state index contributed by atoms with van der Waals surface area (Å²) in [5.41, 5.74) is 0. The van der Waals surface area contributed by atoms with Gasteiger partial charge >= 0.3 is 0 Å². The first-order valence-electron chi connectivity index (χ1n) is 8.07. The number of aromatic nitrogens is 2. The molecule has 23 heavy (non-hydrogen) atoms. The topological polar surface area (TPSA) is 55.2 Å². The highest BCUT2D eigenvalue weighted by Gasteiger charge is 2.30. The molecule has 2 aromatic heterocycles. The summed E-state index contributed by atoms with van der Waals surface area (Å²) in [5.74, 6) is 1.54. The van der Waals surface area contributed by atoms with Gasteiger partial charge in [0.2, 0.25) is 0 Å². The molecule has 126 valence electrons. The summed E-state index contributed by atoms with van der Waals surface area (Å²) in [4.78, 5) is 5.36. The van der Waals surface area contributed by atoms with Crippen molar-refractivity contribution < 1.29 is 8.42 Å². The molecule has 2 aromatic rings. The third kappa shape index (κ3) is 3.51. The zero-order chi connectivity index (χ0) is 16.4.